The summed E-state index contributed by atoms with van der Waals surface area (Å²) in [7, 11) is 0. The summed E-state index contributed by atoms with van der Waals surface area (Å²) in [5, 5.41) is 0. The number of hydrogen-bond donors (Lipinski definition) is 2. The third-order valence-corrected chi connectivity index (χ3v) is 3.55. The molecule has 1 atom stereocenters. The lowest BCUT2D eigenvalue weighted by atomic mass is 9.79. The monoisotopic (exact) mass is 224 g/mol. The lowest BCUT2D eigenvalue weighted by Gasteiger charge is -2.25. The quantitative estimate of drug-likeness (QED) is 0.675. The fraction of sp³-hybridized carbons (Fsp3) is 0.200. The van der Waals surface area contributed by atoms with Crippen LogP contribution in [0.25, 0.3) is 11.1 Å². The molecule has 0 saturated heterocycles. The first-order valence-corrected chi connectivity index (χ1v) is 5.93. The first kappa shape index (κ1) is 10.2. The Kier molecular flexibility index (Phi) is 2.11. The third-order valence-electron chi connectivity index (χ3n) is 3.55. The number of nitrogens with two attached hydrogens (primary N) is 2. The van der Waals surface area contributed by atoms with E-state index in [0.717, 1.165) is 17.8 Å². The molecule has 2 heteroatoms. The minimum Gasteiger partial charge on any atom is -0.399 e. The summed E-state index contributed by atoms with van der Waals surface area (Å²) in [5.74, 6) is 0.503. The molecule has 3 rings (SSSR count). The topological polar surface area (TPSA) is 52.0 Å². The standard InChI is InChI=1S/C15H16N2/c1-9-6-10-7-11(16)2-4-13(10)14-5-3-12(17)8-15(9)14/h2-5,7-9H,6,16-17H2,1H3/t9-/m0/s1. The van der Waals surface area contributed by atoms with Crippen LogP contribution in [0.1, 0.15) is 24.0 Å². The van der Waals surface area contributed by atoms with E-state index in [9.17, 15) is 0 Å². The number of hydrogen-bond acceptors (Lipinski definition) is 2. The number of nitrogen functional groups attached to an aromatic ring is 2. The Morgan fingerprint density at radius 2 is 1.59 bits per heavy atom. The van der Waals surface area contributed by atoms with Crippen molar-refractivity contribution in [2.45, 2.75) is 19.3 Å². The maximum absolute atomic E-state index is 5.87. The van der Waals surface area contributed by atoms with E-state index < -0.39 is 0 Å². The predicted molar refractivity (Wildman–Crippen MR) is 72.8 cm³/mol. The van der Waals surface area contributed by atoms with Crippen molar-refractivity contribution >= 4 is 11.4 Å². The van der Waals surface area contributed by atoms with Crippen molar-refractivity contribution in [2.75, 3.05) is 11.5 Å². The number of rotatable bonds is 0. The van der Waals surface area contributed by atoms with E-state index in [0.29, 0.717) is 5.92 Å². The van der Waals surface area contributed by atoms with Gasteiger partial charge in [0.05, 0.1) is 0 Å². The van der Waals surface area contributed by atoms with Crippen molar-refractivity contribution in [2.24, 2.45) is 0 Å². The van der Waals surface area contributed by atoms with Gasteiger partial charge in [-0.1, -0.05) is 19.1 Å². The average molecular weight is 224 g/mol. The fourth-order valence-corrected chi connectivity index (χ4v) is 2.72. The second-order valence-corrected chi connectivity index (χ2v) is 4.87. The van der Waals surface area contributed by atoms with Gasteiger partial charge in [-0.05, 0) is 58.9 Å². The summed E-state index contributed by atoms with van der Waals surface area (Å²) in [5.41, 5.74) is 18.7. The zero-order chi connectivity index (χ0) is 12.0. The van der Waals surface area contributed by atoms with Gasteiger partial charge in [0, 0.05) is 11.4 Å². The van der Waals surface area contributed by atoms with Gasteiger partial charge in [0.25, 0.3) is 0 Å². The summed E-state index contributed by atoms with van der Waals surface area (Å²) < 4.78 is 0. The highest BCUT2D eigenvalue weighted by Gasteiger charge is 2.21. The van der Waals surface area contributed by atoms with Crippen molar-refractivity contribution in [1.82, 2.24) is 0 Å². The molecule has 17 heavy (non-hydrogen) atoms. The van der Waals surface area contributed by atoms with E-state index in [1.54, 1.807) is 0 Å². The molecule has 4 N–H and O–H groups in total. The Morgan fingerprint density at radius 3 is 2.35 bits per heavy atom. The Balaban J connectivity index is 2.26. The molecule has 2 aromatic carbocycles. The van der Waals surface area contributed by atoms with Gasteiger partial charge in [-0.2, -0.15) is 0 Å². The molecule has 2 aromatic rings. The van der Waals surface area contributed by atoms with E-state index >= 15 is 0 Å². The molecule has 2 nitrogen and oxygen atoms in total. The van der Waals surface area contributed by atoms with Crippen LogP contribution in [0.15, 0.2) is 36.4 Å². The van der Waals surface area contributed by atoms with E-state index in [2.05, 4.69) is 31.2 Å². The van der Waals surface area contributed by atoms with Crippen molar-refractivity contribution in [3.63, 3.8) is 0 Å². The number of anilines is 2. The molecule has 0 aliphatic heterocycles. The van der Waals surface area contributed by atoms with Crippen LogP contribution < -0.4 is 11.5 Å². The summed E-state index contributed by atoms with van der Waals surface area (Å²) in [6.45, 7) is 2.24. The van der Waals surface area contributed by atoms with Gasteiger partial charge in [0.15, 0.2) is 0 Å². The van der Waals surface area contributed by atoms with Gasteiger partial charge in [0.1, 0.15) is 0 Å². The Bertz CT molecular complexity index is 587. The zero-order valence-corrected chi connectivity index (χ0v) is 9.90. The van der Waals surface area contributed by atoms with Crippen LogP contribution in [0, 0.1) is 0 Å². The molecule has 0 unspecified atom stereocenters. The lowest BCUT2D eigenvalue weighted by molar-refractivity contribution is 0.750. The van der Waals surface area contributed by atoms with Gasteiger partial charge in [0.2, 0.25) is 0 Å². The van der Waals surface area contributed by atoms with Crippen LogP contribution in [0.5, 0.6) is 0 Å². The molecular formula is C15H16N2. The lowest BCUT2D eigenvalue weighted by Crippen LogP contribution is -2.09. The molecule has 86 valence electrons. The highest BCUT2D eigenvalue weighted by atomic mass is 14.6. The van der Waals surface area contributed by atoms with Gasteiger partial charge in [-0.3, -0.25) is 0 Å². The van der Waals surface area contributed by atoms with Crippen LogP contribution in [0.2, 0.25) is 0 Å². The van der Waals surface area contributed by atoms with Crippen LogP contribution in [-0.2, 0) is 6.42 Å². The second-order valence-electron chi connectivity index (χ2n) is 4.87. The molecule has 0 fully saturated rings. The molecule has 0 aromatic heterocycles. The molecule has 0 bridgehead atoms. The zero-order valence-electron chi connectivity index (χ0n) is 9.90. The van der Waals surface area contributed by atoms with Crippen molar-refractivity contribution < 1.29 is 0 Å². The summed E-state index contributed by atoms with van der Waals surface area (Å²) in [4.78, 5) is 0. The van der Waals surface area contributed by atoms with Crippen molar-refractivity contribution in [1.29, 1.82) is 0 Å². The Hall–Kier alpha value is -1.96. The van der Waals surface area contributed by atoms with Crippen molar-refractivity contribution in [3.05, 3.63) is 47.5 Å². The van der Waals surface area contributed by atoms with Crippen molar-refractivity contribution in [3.8, 4) is 11.1 Å². The molecule has 0 heterocycles. The van der Waals surface area contributed by atoms with Gasteiger partial charge < -0.3 is 11.5 Å². The first-order chi connectivity index (χ1) is 8.15. The van der Waals surface area contributed by atoms with Gasteiger partial charge in [-0.15, -0.1) is 0 Å². The maximum atomic E-state index is 5.87. The van der Waals surface area contributed by atoms with Crippen LogP contribution in [0.4, 0.5) is 11.4 Å². The van der Waals surface area contributed by atoms with Crippen LogP contribution >= 0.6 is 0 Å². The number of fused-ring (bicyclic) bond motifs is 3. The third kappa shape index (κ3) is 1.57. The Labute approximate surface area is 101 Å². The first-order valence-electron chi connectivity index (χ1n) is 5.93. The van der Waals surface area contributed by atoms with Crippen LogP contribution in [0.3, 0.4) is 0 Å². The average Bonchev–Trinajstić information content (AvgIpc) is 2.29. The van der Waals surface area contributed by atoms with E-state index in [1.165, 1.54) is 22.3 Å². The highest BCUT2D eigenvalue weighted by molar-refractivity contribution is 5.77. The predicted octanol–water partition coefficient (Wildman–Crippen LogP) is 3.18. The SMILES string of the molecule is C[C@H]1Cc2cc(N)ccc2-c2ccc(N)cc21. The van der Waals surface area contributed by atoms with E-state index in [1.807, 2.05) is 12.1 Å². The second kappa shape index (κ2) is 3.52. The molecule has 0 amide bonds. The summed E-state index contributed by atoms with van der Waals surface area (Å²) >= 11 is 0. The summed E-state index contributed by atoms with van der Waals surface area (Å²) in [6.07, 6.45) is 1.04. The van der Waals surface area contributed by atoms with Gasteiger partial charge >= 0.3 is 0 Å². The smallest absolute Gasteiger partial charge is 0.0317 e. The maximum Gasteiger partial charge on any atom is 0.0317 e. The molecule has 0 spiro atoms. The highest BCUT2D eigenvalue weighted by Crippen LogP contribution is 2.40. The molecule has 1 aliphatic rings. The molecular weight excluding hydrogens is 208 g/mol. The van der Waals surface area contributed by atoms with E-state index in [4.69, 9.17) is 11.5 Å². The number of benzene rings is 2. The molecule has 0 radical (unpaired) electrons. The van der Waals surface area contributed by atoms with Gasteiger partial charge in [-0.25, -0.2) is 0 Å². The van der Waals surface area contributed by atoms with Crippen LogP contribution in [-0.4, -0.2) is 0 Å². The Morgan fingerprint density at radius 1 is 0.941 bits per heavy atom. The minimum atomic E-state index is 0.503. The molecule has 0 saturated carbocycles. The largest absolute Gasteiger partial charge is 0.399 e. The van der Waals surface area contributed by atoms with E-state index in [-0.39, 0.29) is 0 Å². The summed E-state index contributed by atoms with van der Waals surface area (Å²) in [6, 6.07) is 12.4. The minimum absolute atomic E-state index is 0.503. The fourth-order valence-electron chi connectivity index (χ4n) is 2.72. The normalized spacial score (nSPS) is 17.4. The molecule has 1 aliphatic carbocycles.